The molecule has 0 saturated carbocycles. The van der Waals surface area contributed by atoms with Gasteiger partial charge in [0.2, 0.25) is 0 Å². The van der Waals surface area contributed by atoms with Crippen molar-refractivity contribution in [2.75, 3.05) is 19.0 Å². The topological polar surface area (TPSA) is 94.0 Å². The second-order valence-corrected chi connectivity index (χ2v) is 9.16. The highest BCUT2D eigenvalue weighted by Gasteiger charge is 2.14. The van der Waals surface area contributed by atoms with Gasteiger partial charge in [-0.1, -0.05) is 46.3 Å². The molecule has 9 heteroatoms. The zero-order valence-corrected chi connectivity index (χ0v) is 21.6. The number of hydrogen-bond donors (Lipinski definition) is 3. The fourth-order valence-electron chi connectivity index (χ4n) is 2.88. The number of phenols is 1. The van der Waals surface area contributed by atoms with Gasteiger partial charge in [-0.25, -0.2) is 5.43 Å². The number of carbonyl (C=O) groups excluding carboxylic acids is 2. The molecule has 2 amide bonds. The molecule has 34 heavy (non-hydrogen) atoms. The summed E-state index contributed by atoms with van der Waals surface area (Å²) in [5.41, 5.74) is 4.95. The van der Waals surface area contributed by atoms with Crippen molar-refractivity contribution >= 4 is 61.7 Å². The van der Waals surface area contributed by atoms with Gasteiger partial charge in [0.25, 0.3) is 11.8 Å². The molecule has 0 unspecified atom stereocenters. The fraction of sp³-hybridized carbons (Fsp3) is 0.0800. The Morgan fingerprint density at radius 2 is 1.68 bits per heavy atom. The van der Waals surface area contributed by atoms with E-state index in [0.717, 1.165) is 15.7 Å². The Kier molecular flexibility index (Phi) is 8.61. The number of aromatic hydroxyl groups is 1. The Labute approximate surface area is 214 Å². The highest BCUT2D eigenvalue weighted by Crippen LogP contribution is 2.30. The lowest BCUT2D eigenvalue weighted by Gasteiger charge is -2.12. The van der Waals surface area contributed by atoms with Crippen LogP contribution in [0, 0.1) is 0 Å². The Bertz CT molecular complexity index is 1240. The van der Waals surface area contributed by atoms with E-state index in [-0.39, 0.29) is 11.4 Å². The van der Waals surface area contributed by atoms with Crippen LogP contribution in [0.15, 0.2) is 86.5 Å². The molecular weight excluding hydrogens is 564 g/mol. The van der Waals surface area contributed by atoms with Crippen molar-refractivity contribution < 1.29 is 14.7 Å². The predicted molar refractivity (Wildman–Crippen MR) is 142 cm³/mol. The average Bonchev–Trinajstić information content (AvgIpc) is 2.82. The van der Waals surface area contributed by atoms with Crippen LogP contribution in [-0.4, -0.2) is 37.2 Å². The molecule has 0 saturated heterocycles. The van der Waals surface area contributed by atoms with Crippen LogP contribution in [0.2, 0.25) is 0 Å². The van der Waals surface area contributed by atoms with Crippen LogP contribution in [0.4, 0.5) is 5.69 Å². The normalized spacial score (nSPS) is 11.4. The lowest BCUT2D eigenvalue weighted by atomic mass is 10.1. The Morgan fingerprint density at radius 3 is 2.32 bits per heavy atom. The summed E-state index contributed by atoms with van der Waals surface area (Å²) < 4.78 is 1.20. The lowest BCUT2D eigenvalue weighted by molar-refractivity contribution is -0.117. The summed E-state index contributed by atoms with van der Waals surface area (Å²) >= 11 is 6.59. The summed E-state index contributed by atoms with van der Waals surface area (Å²) in [5, 5.41) is 16.8. The Hall–Kier alpha value is -3.43. The van der Waals surface area contributed by atoms with Crippen molar-refractivity contribution in [2.24, 2.45) is 5.10 Å². The molecule has 3 aromatic rings. The highest BCUT2D eigenvalue weighted by molar-refractivity contribution is 9.11. The van der Waals surface area contributed by atoms with Crippen molar-refractivity contribution in [1.29, 1.82) is 0 Å². The minimum absolute atomic E-state index is 0.0169. The lowest BCUT2D eigenvalue weighted by Crippen LogP contribution is -2.32. The van der Waals surface area contributed by atoms with Gasteiger partial charge in [-0.2, -0.15) is 5.10 Å². The van der Waals surface area contributed by atoms with Gasteiger partial charge >= 0.3 is 0 Å². The predicted octanol–water partition coefficient (Wildman–Crippen LogP) is 4.90. The maximum atomic E-state index is 12.9. The van der Waals surface area contributed by atoms with Crippen LogP contribution in [0.25, 0.3) is 6.08 Å². The van der Waals surface area contributed by atoms with Crippen LogP contribution in [-0.2, 0) is 4.79 Å². The molecule has 3 rings (SSSR count). The summed E-state index contributed by atoms with van der Waals surface area (Å²) in [6, 6.07) is 19.4. The minimum atomic E-state index is -0.620. The molecule has 174 valence electrons. The van der Waals surface area contributed by atoms with E-state index >= 15 is 0 Å². The number of hydrazone groups is 1. The standard InChI is InChI=1S/C25H22Br2N4O3/c1-31(2)20-10-8-16(9-11-20)12-22(29-24(33)17-6-4-3-5-7-17)25(34)30-28-15-18-13-19(26)14-21(27)23(18)32/h3-15,32H,1-2H3,(H,29,33)(H,30,34)/b22-12-,28-15+. The van der Waals surface area contributed by atoms with Crippen LogP contribution < -0.4 is 15.6 Å². The van der Waals surface area contributed by atoms with Gasteiger partial charge in [-0.3, -0.25) is 9.59 Å². The van der Waals surface area contributed by atoms with Gasteiger partial charge in [0.05, 0.1) is 10.7 Å². The fourth-order valence-corrected chi connectivity index (χ4v) is 4.14. The van der Waals surface area contributed by atoms with E-state index < -0.39 is 11.8 Å². The van der Waals surface area contributed by atoms with Crippen molar-refractivity contribution in [3.63, 3.8) is 0 Å². The highest BCUT2D eigenvalue weighted by atomic mass is 79.9. The van der Waals surface area contributed by atoms with Gasteiger partial charge in [0.15, 0.2) is 0 Å². The first-order valence-corrected chi connectivity index (χ1v) is 11.7. The zero-order chi connectivity index (χ0) is 24.7. The quantitative estimate of drug-likeness (QED) is 0.209. The number of carbonyl (C=O) groups is 2. The molecule has 3 aromatic carbocycles. The van der Waals surface area contributed by atoms with Crippen LogP contribution in [0.5, 0.6) is 5.75 Å². The van der Waals surface area contributed by atoms with E-state index in [1.165, 1.54) is 6.21 Å². The van der Waals surface area contributed by atoms with E-state index in [1.54, 1.807) is 48.5 Å². The molecular formula is C25H22Br2N4O3. The van der Waals surface area contributed by atoms with Crippen LogP contribution in [0.3, 0.4) is 0 Å². The average molecular weight is 586 g/mol. The van der Waals surface area contributed by atoms with E-state index in [1.807, 2.05) is 43.3 Å². The molecule has 0 radical (unpaired) electrons. The second kappa shape index (κ2) is 11.6. The maximum Gasteiger partial charge on any atom is 0.287 e. The molecule has 3 N–H and O–H groups in total. The van der Waals surface area contributed by atoms with E-state index in [2.05, 4.69) is 47.7 Å². The smallest absolute Gasteiger partial charge is 0.287 e. The molecule has 0 bridgehead atoms. The van der Waals surface area contributed by atoms with Gasteiger partial charge in [0.1, 0.15) is 11.4 Å². The first kappa shape index (κ1) is 25.2. The second-order valence-electron chi connectivity index (χ2n) is 7.39. The van der Waals surface area contributed by atoms with Crippen molar-refractivity contribution in [3.8, 4) is 5.75 Å². The van der Waals surface area contributed by atoms with E-state index in [9.17, 15) is 14.7 Å². The van der Waals surface area contributed by atoms with Gasteiger partial charge in [-0.05, 0) is 64.0 Å². The number of benzene rings is 3. The number of amides is 2. The van der Waals surface area contributed by atoms with Gasteiger partial charge in [0, 0.05) is 35.4 Å². The summed E-state index contributed by atoms with van der Waals surface area (Å²) in [6.07, 6.45) is 2.88. The number of nitrogens with zero attached hydrogens (tertiary/aromatic N) is 2. The summed E-state index contributed by atoms with van der Waals surface area (Å²) in [4.78, 5) is 27.6. The number of rotatable bonds is 7. The number of phenolic OH excluding ortho intramolecular Hbond substituents is 1. The van der Waals surface area contributed by atoms with Crippen molar-refractivity contribution in [3.05, 3.63) is 98.1 Å². The largest absolute Gasteiger partial charge is 0.506 e. The molecule has 0 fully saturated rings. The molecule has 0 aliphatic rings. The zero-order valence-electron chi connectivity index (χ0n) is 18.4. The summed E-state index contributed by atoms with van der Waals surface area (Å²) in [7, 11) is 3.87. The van der Waals surface area contributed by atoms with Gasteiger partial charge in [-0.15, -0.1) is 0 Å². The monoisotopic (exact) mass is 584 g/mol. The SMILES string of the molecule is CN(C)c1ccc(/C=C(\NC(=O)c2ccccc2)C(=O)N/N=C/c2cc(Br)cc(Br)c2O)cc1. The van der Waals surface area contributed by atoms with E-state index in [0.29, 0.717) is 15.6 Å². The first-order valence-electron chi connectivity index (χ1n) is 10.1. The van der Waals surface area contributed by atoms with Crippen molar-refractivity contribution in [2.45, 2.75) is 0 Å². The third-order valence-corrected chi connectivity index (χ3v) is 5.74. The summed E-state index contributed by atoms with van der Waals surface area (Å²) in [6.45, 7) is 0. The number of halogens is 2. The molecule has 0 aliphatic heterocycles. The van der Waals surface area contributed by atoms with Crippen molar-refractivity contribution in [1.82, 2.24) is 10.7 Å². The molecule has 0 atom stereocenters. The Morgan fingerprint density at radius 1 is 1.00 bits per heavy atom. The minimum Gasteiger partial charge on any atom is -0.506 e. The molecule has 0 spiro atoms. The molecule has 0 heterocycles. The maximum absolute atomic E-state index is 12.9. The molecule has 7 nitrogen and oxygen atoms in total. The van der Waals surface area contributed by atoms with Crippen LogP contribution in [0.1, 0.15) is 21.5 Å². The number of hydrogen-bond acceptors (Lipinski definition) is 5. The first-order chi connectivity index (χ1) is 16.2. The molecule has 0 aromatic heterocycles. The number of anilines is 1. The van der Waals surface area contributed by atoms with E-state index in [4.69, 9.17) is 0 Å². The third-order valence-electron chi connectivity index (χ3n) is 4.68. The van der Waals surface area contributed by atoms with Gasteiger partial charge < -0.3 is 15.3 Å². The summed E-state index contributed by atoms with van der Waals surface area (Å²) in [5.74, 6) is -1.06. The molecule has 0 aliphatic carbocycles. The van der Waals surface area contributed by atoms with Crippen LogP contribution >= 0.6 is 31.9 Å². The third kappa shape index (κ3) is 6.79. The Balaban J connectivity index is 1.84. The number of nitrogens with one attached hydrogen (secondary N) is 2.